The highest BCUT2D eigenvalue weighted by Gasteiger charge is 2.39. The average molecular weight is 404 g/mol. The van der Waals surface area contributed by atoms with E-state index in [1.807, 2.05) is 21.2 Å². The summed E-state index contributed by atoms with van der Waals surface area (Å²) in [5.74, 6) is 0.487. The molecule has 1 N–H and O–H groups in total. The van der Waals surface area contributed by atoms with Crippen molar-refractivity contribution < 1.29 is 14.4 Å². The SMILES string of the molecule is O=C(NC(C(=O)N1CCCCC1)C1CCN(C(=O)C2CC2)CC1)c1cccs1. The van der Waals surface area contributed by atoms with Crippen LogP contribution in [0.1, 0.15) is 54.6 Å². The number of piperidine rings is 2. The van der Waals surface area contributed by atoms with E-state index in [0.29, 0.717) is 18.0 Å². The predicted molar refractivity (Wildman–Crippen MR) is 108 cm³/mol. The van der Waals surface area contributed by atoms with Crippen LogP contribution >= 0.6 is 11.3 Å². The molecule has 1 saturated carbocycles. The van der Waals surface area contributed by atoms with Crippen LogP contribution in [0.5, 0.6) is 0 Å². The van der Waals surface area contributed by atoms with Crippen LogP contribution in [0, 0.1) is 11.8 Å². The summed E-state index contributed by atoms with van der Waals surface area (Å²) in [4.78, 5) is 42.8. The Hall–Kier alpha value is -1.89. The third kappa shape index (κ3) is 4.40. The third-order valence-electron chi connectivity index (χ3n) is 6.21. The van der Waals surface area contributed by atoms with Gasteiger partial charge in [-0.2, -0.15) is 0 Å². The van der Waals surface area contributed by atoms with Crippen molar-refractivity contribution in [1.29, 1.82) is 0 Å². The molecule has 1 aromatic heterocycles. The van der Waals surface area contributed by atoms with Crippen molar-refractivity contribution in [2.75, 3.05) is 26.2 Å². The van der Waals surface area contributed by atoms with Crippen LogP contribution in [0.2, 0.25) is 0 Å². The lowest BCUT2D eigenvalue weighted by atomic mass is 9.87. The van der Waals surface area contributed by atoms with Gasteiger partial charge in [0, 0.05) is 32.1 Å². The normalized spacial score (nSPS) is 22.0. The summed E-state index contributed by atoms with van der Waals surface area (Å²) in [5.41, 5.74) is 0. The number of carbonyl (C=O) groups is 3. The number of hydrogen-bond acceptors (Lipinski definition) is 4. The summed E-state index contributed by atoms with van der Waals surface area (Å²) in [6.07, 6.45) is 6.81. The average Bonchev–Trinajstić information content (AvgIpc) is 3.45. The highest BCUT2D eigenvalue weighted by atomic mass is 32.1. The van der Waals surface area contributed by atoms with Crippen molar-refractivity contribution in [1.82, 2.24) is 15.1 Å². The maximum Gasteiger partial charge on any atom is 0.262 e. The summed E-state index contributed by atoms with van der Waals surface area (Å²) in [5, 5.41) is 4.92. The van der Waals surface area contributed by atoms with Crippen molar-refractivity contribution in [2.24, 2.45) is 11.8 Å². The van der Waals surface area contributed by atoms with E-state index in [1.165, 1.54) is 11.3 Å². The van der Waals surface area contributed by atoms with E-state index in [4.69, 9.17) is 0 Å². The molecule has 4 rings (SSSR count). The Balaban J connectivity index is 1.43. The van der Waals surface area contributed by atoms with Gasteiger partial charge in [0.25, 0.3) is 5.91 Å². The van der Waals surface area contributed by atoms with Crippen molar-refractivity contribution in [3.05, 3.63) is 22.4 Å². The number of nitrogens with one attached hydrogen (secondary N) is 1. The Morgan fingerprint density at radius 2 is 1.68 bits per heavy atom. The quantitative estimate of drug-likeness (QED) is 0.821. The van der Waals surface area contributed by atoms with Crippen LogP contribution in [-0.4, -0.2) is 59.7 Å². The monoisotopic (exact) mass is 403 g/mol. The summed E-state index contributed by atoms with van der Waals surface area (Å²) in [6.45, 7) is 2.95. The van der Waals surface area contributed by atoms with Crippen LogP contribution in [-0.2, 0) is 9.59 Å². The lowest BCUT2D eigenvalue weighted by Crippen LogP contribution is -2.55. The molecule has 0 aromatic carbocycles. The van der Waals surface area contributed by atoms with E-state index in [0.717, 1.165) is 58.0 Å². The van der Waals surface area contributed by atoms with Gasteiger partial charge < -0.3 is 15.1 Å². The number of likely N-dealkylation sites (tertiary alicyclic amines) is 2. The molecule has 28 heavy (non-hydrogen) atoms. The van der Waals surface area contributed by atoms with Gasteiger partial charge in [0.05, 0.1) is 4.88 Å². The molecule has 2 saturated heterocycles. The van der Waals surface area contributed by atoms with Crippen LogP contribution < -0.4 is 5.32 Å². The molecule has 3 heterocycles. The molecule has 0 spiro atoms. The largest absolute Gasteiger partial charge is 0.342 e. The zero-order chi connectivity index (χ0) is 19.5. The molecule has 1 unspecified atom stereocenters. The number of hydrogen-bond donors (Lipinski definition) is 1. The molecule has 152 valence electrons. The first-order valence-corrected chi connectivity index (χ1v) is 11.4. The second kappa shape index (κ2) is 8.64. The lowest BCUT2D eigenvalue weighted by Gasteiger charge is -2.38. The number of carbonyl (C=O) groups excluding carboxylic acids is 3. The molecule has 3 fully saturated rings. The number of amides is 3. The minimum absolute atomic E-state index is 0.0524. The molecule has 6 nitrogen and oxygen atoms in total. The maximum atomic E-state index is 13.3. The fraction of sp³-hybridized carbons (Fsp3) is 0.667. The Bertz CT molecular complexity index is 702. The standard InChI is InChI=1S/C21H29N3O3S/c25-19(17-5-4-14-28-17)22-18(21(27)23-10-2-1-3-11-23)15-8-12-24(13-9-15)20(26)16-6-7-16/h4-5,14-16,18H,1-3,6-13H2,(H,22,25). The first-order chi connectivity index (χ1) is 13.6. The second-order valence-electron chi connectivity index (χ2n) is 8.25. The molecular weight excluding hydrogens is 374 g/mol. The van der Waals surface area contributed by atoms with Crippen LogP contribution in [0.3, 0.4) is 0 Å². The van der Waals surface area contributed by atoms with Crippen LogP contribution in [0.15, 0.2) is 17.5 Å². The fourth-order valence-corrected chi connectivity index (χ4v) is 4.98. The Kier molecular flexibility index (Phi) is 5.99. The number of nitrogens with zero attached hydrogens (tertiary/aromatic N) is 2. The topological polar surface area (TPSA) is 69.7 Å². The van der Waals surface area contributed by atoms with Gasteiger partial charge in [0.15, 0.2) is 0 Å². The van der Waals surface area contributed by atoms with E-state index in [9.17, 15) is 14.4 Å². The summed E-state index contributed by atoms with van der Waals surface area (Å²) >= 11 is 1.39. The zero-order valence-electron chi connectivity index (χ0n) is 16.3. The van der Waals surface area contributed by atoms with Crippen molar-refractivity contribution in [3.8, 4) is 0 Å². The molecule has 7 heteroatoms. The van der Waals surface area contributed by atoms with E-state index < -0.39 is 6.04 Å². The maximum absolute atomic E-state index is 13.3. The van der Waals surface area contributed by atoms with Gasteiger partial charge in [0.1, 0.15) is 6.04 Å². The summed E-state index contributed by atoms with van der Waals surface area (Å²) < 4.78 is 0. The molecule has 3 aliphatic rings. The van der Waals surface area contributed by atoms with Gasteiger partial charge in [-0.1, -0.05) is 6.07 Å². The van der Waals surface area contributed by atoms with Crippen molar-refractivity contribution in [3.63, 3.8) is 0 Å². The first-order valence-electron chi connectivity index (χ1n) is 10.6. The first kappa shape index (κ1) is 19.4. The summed E-state index contributed by atoms with van der Waals surface area (Å²) in [6, 6.07) is 3.15. The van der Waals surface area contributed by atoms with Gasteiger partial charge in [-0.25, -0.2) is 0 Å². The number of thiophene rings is 1. The predicted octanol–water partition coefficient (Wildman–Crippen LogP) is 2.51. The van der Waals surface area contributed by atoms with Crippen LogP contribution in [0.25, 0.3) is 0 Å². The van der Waals surface area contributed by atoms with Gasteiger partial charge >= 0.3 is 0 Å². The minimum atomic E-state index is -0.495. The van der Waals surface area contributed by atoms with E-state index in [-0.39, 0.29) is 29.6 Å². The smallest absolute Gasteiger partial charge is 0.262 e. The molecular formula is C21H29N3O3S. The number of rotatable bonds is 5. The van der Waals surface area contributed by atoms with E-state index >= 15 is 0 Å². The van der Waals surface area contributed by atoms with Crippen LogP contribution in [0.4, 0.5) is 0 Å². The fourth-order valence-electron chi connectivity index (χ4n) is 4.35. The van der Waals surface area contributed by atoms with Gasteiger partial charge in [0.2, 0.25) is 11.8 Å². The molecule has 3 amide bonds. The lowest BCUT2D eigenvalue weighted by molar-refractivity contribution is -0.137. The highest BCUT2D eigenvalue weighted by Crippen LogP contribution is 2.33. The summed E-state index contributed by atoms with van der Waals surface area (Å²) in [7, 11) is 0. The van der Waals surface area contributed by atoms with Gasteiger partial charge in [-0.15, -0.1) is 11.3 Å². The van der Waals surface area contributed by atoms with Crippen molar-refractivity contribution in [2.45, 2.75) is 51.0 Å². The molecule has 1 aliphatic carbocycles. The Labute approximate surface area is 170 Å². The molecule has 0 radical (unpaired) electrons. The molecule has 1 atom stereocenters. The third-order valence-corrected chi connectivity index (χ3v) is 7.08. The Morgan fingerprint density at radius 1 is 0.964 bits per heavy atom. The zero-order valence-corrected chi connectivity index (χ0v) is 17.1. The highest BCUT2D eigenvalue weighted by molar-refractivity contribution is 7.12. The molecule has 0 bridgehead atoms. The van der Waals surface area contributed by atoms with E-state index in [1.54, 1.807) is 6.07 Å². The Morgan fingerprint density at radius 3 is 2.29 bits per heavy atom. The van der Waals surface area contributed by atoms with Gasteiger partial charge in [-0.3, -0.25) is 14.4 Å². The molecule has 2 aliphatic heterocycles. The minimum Gasteiger partial charge on any atom is -0.342 e. The molecule has 1 aromatic rings. The second-order valence-corrected chi connectivity index (χ2v) is 9.20. The van der Waals surface area contributed by atoms with Gasteiger partial charge in [-0.05, 0) is 62.3 Å². The van der Waals surface area contributed by atoms with Crippen molar-refractivity contribution >= 4 is 29.1 Å². The van der Waals surface area contributed by atoms with E-state index in [2.05, 4.69) is 5.32 Å².